The normalized spacial score (nSPS) is 10.5. The predicted molar refractivity (Wildman–Crippen MR) is 92.0 cm³/mol. The lowest BCUT2D eigenvalue weighted by Gasteiger charge is -2.08. The number of aromatic nitrogens is 1. The van der Waals surface area contributed by atoms with E-state index < -0.39 is 5.97 Å². The summed E-state index contributed by atoms with van der Waals surface area (Å²) in [5.41, 5.74) is 2.46. The maximum atomic E-state index is 10.6. The van der Waals surface area contributed by atoms with Crippen molar-refractivity contribution in [2.45, 2.75) is 13.0 Å². The monoisotopic (exact) mass is 358 g/mol. The molecule has 0 amide bonds. The number of hydrogen-bond acceptors (Lipinski definition) is 5. The first-order chi connectivity index (χ1) is 11.6. The molecule has 0 atom stereocenters. The molecule has 1 heterocycles. The molecule has 0 spiro atoms. The topological polar surface area (TPSA) is 62.2 Å². The van der Waals surface area contributed by atoms with E-state index in [1.165, 1.54) is 11.3 Å². The van der Waals surface area contributed by atoms with Gasteiger partial charge < -0.3 is 14.6 Å². The van der Waals surface area contributed by atoms with Crippen LogP contribution < -0.4 is 9.84 Å². The number of ether oxygens (including phenoxy) is 1. The van der Waals surface area contributed by atoms with Gasteiger partial charge in [-0.15, -0.1) is 11.3 Å². The number of carboxylic acids is 1. The van der Waals surface area contributed by atoms with Crippen LogP contribution in [-0.2, 0) is 17.8 Å². The van der Waals surface area contributed by atoms with Crippen molar-refractivity contribution in [2.75, 3.05) is 0 Å². The van der Waals surface area contributed by atoms with Gasteiger partial charge in [-0.05, 0) is 17.7 Å². The molecule has 122 valence electrons. The molecule has 6 heteroatoms. The fraction of sp³-hybridized carbons (Fsp3) is 0.111. The molecule has 3 aromatic rings. The van der Waals surface area contributed by atoms with Crippen LogP contribution in [0.25, 0.3) is 10.6 Å². The van der Waals surface area contributed by atoms with Crippen LogP contribution in [0.15, 0.2) is 53.9 Å². The zero-order chi connectivity index (χ0) is 16.9. The van der Waals surface area contributed by atoms with Crippen molar-refractivity contribution in [1.82, 2.24) is 4.98 Å². The summed E-state index contributed by atoms with van der Waals surface area (Å²) in [5.74, 6) is -0.478. The fourth-order valence-electron chi connectivity index (χ4n) is 2.14. The summed E-state index contributed by atoms with van der Waals surface area (Å²) in [7, 11) is 0. The number of thiazole rings is 1. The van der Waals surface area contributed by atoms with Crippen LogP contribution in [0.2, 0.25) is 5.02 Å². The van der Waals surface area contributed by atoms with E-state index in [0.29, 0.717) is 23.1 Å². The molecular weight excluding hydrogens is 346 g/mol. The highest BCUT2D eigenvalue weighted by Crippen LogP contribution is 2.26. The second-order valence-electron chi connectivity index (χ2n) is 5.11. The first kappa shape index (κ1) is 16.5. The van der Waals surface area contributed by atoms with Gasteiger partial charge in [-0.2, -0.15) is 0 Å². The molecule has 0 saturated heterocycles. The van der Waals surface area contributed by atoms with E-state index in [1.807, 2.05) is 42.5 Å². The van der Waals surface area contributed by atoms with E-state index in [9.17, 15) is 9.90 Å². The third kappa shape index (κ3) is 4.13. The van der Waals surface area contributed by atoms with E-state index in [0.717, 1.165) is 16.1 Å². The van der Waals surface area contributed by atoms with Crippen LogP contribution in [-0.4, -0.2) is 11.0 Å². The summed E-state index contributed by atoms with van der Waals surface area (Å²) in [4.78, 5) is 14.9. The molecule has 0 saturated carbocycles. The number of hydrogen-bond donors (Lipinski definition) is 0. The molecule has 0 aliphatic rings. The molecule has 1 aromatic heterocycles. The zero-order valence-corrected chi connectivity index (χ0v) is 14.1. The minimum absolute atomic E-state index is 0.166. The zero-order valence-electron chi connectivity index (χ0n) is 12.6. The van der Waals surface area contributed by atoms with Crippen molar-refractivity contribution in [1.29, 1.82) is 0 Å². The van der Waals surface area contributed by atoms with Gasteiger partial charge in [0.2, 0.25) is 0 Å². The highest BCUT2D eigenvalue weighted by molar-refractivity contribution is 7.13. The van der Waals surface area contributed by atoms with E-state index in [-0.39, 0.29) is 6.42 Å². The Labute approximate surface area is 148 Å². The number of para-hydroxylation sites is 1. The highest BCUT2D eigenvalue weighted by Gasteiger charge is 2.06. The fourth-order valence-corrected chi connectivity index (χ4v) is 3.15. The molecule has 0 bridgehead atoms. The highest BCUT2D eigenvalue weighted by atomic mass is 35.5. The molecule has 4 nitrogen and oxygen atoms in total. The number of carboxylic acid groups (broad SMARTS) is 1. The quantitative estimate of drug-likeness (QED) is 0.678. The first-order valence-electron chi connectivity index (χ1n) is 7.23. The van der Waals surface area contributed by atoms with Crippen LogP contribution in [0.3, 0.4) is 0 Å². The van der Waals surface area contributed by atoms with Gasteiger partial charge in [-0.1, -0.05) is 48.0 Å². The van der Waals surface area contributed by atoms with E-state index in [1.54, 1.807) is 11.4 Å². The van der Waals surface area contributed by atoms with E-state index in [2.05, 4.69) is 4.98 Å². The Hall–Kier alpha value is -2.37. The average Bonchev–Trinajstić information content (AvgIpc) is 3.02. The average molecular weight is 359 g/mol. The molecule has 0 aliphatic carbocycles. The summed E-state index contributed by atoms with van der Waals surface area (Å²) in [6.45, 7) is 0.415. The lowest BCUT2D eigenvalue weighted by atomic mass is 10.1. The predicted octanol–water partition coefficient (Wildman–Crippen LogP) is 3.33. The molecule has 2 aromatic carbocycles. The second-order valence-corrected chi connectivity index (χ2v) is 6.37. The number of carbonyl (C=O) groups is 1. The maximum absolute atomic E-state index is 10.6. The molecule has 0 N–H and O–H groups in total. The lowest BCUT2D eigenvalue weighted by molar-refractivity contribution is -0.304. The van der Waals surface area contributed by atoms with Gasteiger partial charge in [-0.3, -0.25) is 0 Å². The largest absolute Gasteiger partial charge is 0.550 e. The third-order valence-electron chi connectivity index (χ3n) is 3.31. The van der Waals surface area contributed by atoms with Crippen molar-refractivity contribution < 1.29 is 14.6 Å². The van der Waals surface area contributed by atoms with Crippen LogP contribution in [0.5, 0.6) is 5.75 Å². The maximum Gasteiger partial charge on any atom is 0.138 e. The SMILES string of the molecule is O=C([O-])Cc1csc(-c2ccc(COc3ccccc3Cl)cc2)n1. The Morgan fingerprint density at radius 3 is 2.62 bits per heavy atom. The number of aliphatic carboxylic acids is 1. The van der Waals surface area contributed by atoms with Crippen molar-refractivity contribution >= 4 is 28.9 Å². The number of rotatable bonds is 6. The number of carbonyl (C=O) groups excluding carboxylic acids is 1. The lowest BCUT2D eigenvalue weighted by Crippen LogP contribution is -2.24. The van der Waals surface area contributed by atoms with E-state index >= 15 is 0 Å². The molecule has 24 heavy (non-hydrogen) atoms. The third-order valence-corrected chi connectivity index (χ3v) is 4.56. The molecule has 3 rings (SSSR count). The molecule has 0 unspecified atom stereocenters. The Morgan fingerprint density at radius 2 is 1.92 bits per heavy atom. The Bertz CT molecular complexity index is 845. The van der Waals surface area contributed by atoms with Crippen LogP contribution in [0, 0.1) is 0 Å². The van der Waals surface area contributed by atoms with Gasteiger partial charge >= 0.3 is 0 Å². The Kier molecular flexibility index (Phi) is 5.13. The smallest absolute Gasteiger partial charge is 0.138 e. The van der Waals surface area contributed by atoms with Gasteiger partial charge in [0.25, 0.3) is 0 Å². The summed E-state index contributed by atoms with van der Waals surface area (Å²) >= 11 is 7.47. The standard InChI is InChI=1S/C18H14ClNO3S/c19-15-3-1-2-4-16(15)23-10-12-5-7-13(8-6-12)18-20-14(11-24-18)9-17(21)22/h1-8,11H,9-10H2,(H,21,22)/p-1. The minimum atomic E-state index is -1.13. The van der Waals surface area contributed by atoms with Gasteiger partial charge in [0.05, 0.1) is 10.7 Å². The molecule has 0 aliphatic heterocycles. The summed E-state index contributed by atoms with van der Waals surface area (Å²) < 4.78 is 5.70. The van der Waals surface area contributed by atoms with Gasteiger partial charge in [0, 0.05) is 23.3 Å². The van der Waals surface area contributed by atoms with Gasteiger partial charge in [0.1, 0.15) is 17.4 Å². The van der Waals surface area contributed by atoms with Crippen LogP contribution in [0.4, 0.5) is 0 Å². The summed E-state index contributed by atoms with van der Waals surface area (Å²) in [5, 5.41) is 13.7. The van der Waals surface area contributed by atoms with Crippen molar-refractivity contribution in [3.63, 3.8) is 0 Å². The van der Waals surface area contributed by atoms with Crippen molar-refractivity contribution in [3.8, 4) is 16.3 Å². The molecule has 0 fully saturated rings. The molecule has 0 radical (unpaired) electrons. The van der Waals surface area contributed by atoms with Crippen molar-refractivity contribution in [3.05, 3.63) is 70.2 Å². The number of nitrogens with zero attached hydrogens (tertiary/aromatic N) is 1. The van der Waals surface area contributed by atoms with Crippen molar-refractivity contribution in [2.24, 2.45) is 0 Å². The van der Waals surface area contributed by atoms with Crippen LogP contribution >= 0.6 is 22.9 Å². The number of halogens is 1. The summed E-state index contributed by atoms with van der Waals surface area (Å²) in [6, 6.07) is 15.1. The molecular formula is C18H13ClNO3S-. The summed E-state index contributed by atoms with van der Waals surface area (Å²) in [6.07, 6.45) is -0.166. The second kappa shape index (κ2) is 7.47. The number of benzene rings is 2. The Morgan fingerprint density at radius 1 is 1.17 bits per heavy atom. The Balaban J connectivity index is 1.66. The van der Waals surface area contributed by atoms with E-state index in [4.69, 9.17) is 16.3 Å². The van der Waals surface area contributed by atoms with Gasteiger partial charge in [0.15, 0.2) is 0 Å². The van der Waals surface area contributed by atoms with Crippen LogP contribution in [0.1, 0.15) is 11.3 Å². The minimum Gasteiger partial charge on any atom is -0.550 e. The van der Waals surface area contributed by atoms with Gasteiger partial charge in [-0.25, -0.2) is 4.98 Å². The first-order valence-corrected chi connectivity index (χ1v) is 8.48.